The second-order valence-electron chi connectivity index (χ2n) is 8.87. The van der Waals surface area contributed by atoms with Crippen LogP contribution in [-0.2, 0) is 0 Å². The van der Waals surface area contributed by atoms with Crippen LogP contribution in [0.5, 0.6) is 0 Å². The monoisotopic (exact) mass is 324 g/mol. The summed E-state index contributed by atoms with van der Waals surface area (Å²) in [5, 5.41) is 0. The van der Waals surface area contributed by atoms with Crippen molar-refractivity contribution in [1.29, 1.82) is 0 Å². The minimum atomic E-state index is -1.05. The van der Waals surface area contributed by atoms with Crippen molar-refractivity contribution in [1.82, 2.24) is 0 Å². The summed E-state index contributed by atoms with van der Waals surface area (Å²) >= 11 is 0. The Kier molecular flexibility index (Phi) is 6.67. The Morgan fingerprint density at radius 2 is 1.00 bits per heavy atom. The maximum absolute atomic E-state index is 2.37. The molecule has 0 heterocycles. The summed E-state index contributed by atoms with van der Waals surface area (Å²) < 4.78 is 0. The van der Waals surface area contributed by atoms with E-state index in [1.165, 1.54) is 36.2 Å². The average molecular weight is 325 g/mol. The van der Waals surface area contributed by atoms with E-state index in [0.717, 1.165) is 0 Å². The van der Waals surface area contributed by atoms with Gasteiger partial charge in [-0.3, -0.25) is 0 Å². The molecule has 0 aliphatic heterocycles. The van der Waals surface area contributed by atoms with Crippen LogP contribution in [0.25, 0.3) is 0 Å². The molecular formula is C21H41P. The van der Waals surface area contributed by atoms with Crippen LogP contribution in [0.1, 0.15) is 110 Å². The molecule has 0 nitrogen and oxygen atoms in total. The van der Waals surface area contributed by atoms with Crippen LogP contribution in [0, 0.1) is 0 Å². The van der Waals surface area contributed by atoms with Crippen molar-refractivity contribution in [2.75, 3.05) is 6.16 Å². The first kappa shape index (κ1) is 17.3. The van der Waals surface area contributed by atoms with Gasteiger partial charge in [-0.2, -0.15) is 0 Å². The van der Waals surface area contributed by atoms with Crippen molar-refractivity contribution < 1.29 is 0 Å². The molecule has 0 saturated heterocycles. The molecule has 3 saturated carbocycles. The summed E-state index contributed by atoms with van der Waals surface area (Å²) in [6, 6.07) is 0. The number of rotatable bonds is 8. The molecule has 0 radical (unpaired) electrons. The van der Waals surface area contributed by atoms with Crippen molar-refractivity contribution in [3.8, 4) is 0 Å². The maximum atomic E-state index is 2.37. The van der Waals surface area contributed by atoms with Gasteiger partial charge in [0, 0.05) is 0 Å². The zero-order valence-electron chi connectivity index (χ0n) is 15.3. The van der Waals surface area contributed by atoms with Crippen molar-refractivity contribution in [3.05, 3.63) is 0 Å². The first-order valence-corrected chi connectivity index (χ1v) is 13.3. The fourth-order valence-corrected chi connectivity index (χ4v) is 15.4. The average Bonchev–Trinajstić information content (AvgIpc) is 3.29. The molecule has 0 atom stereocenters. The Bertz CT molecular complexity index is 265. The van der Waals surface area contributed by atoms with Crippen molar-refractivity contribution in [3.63, 3.8) is 0 Å². The molecule has 0 aromatic heterocycles. The molecular weight excluding hydrogens is 283 g/mol. The van der Waals surface area contributed by atoms with Crippen LogP contribution < -0.4 is 0 Å². The van der Waals surface area contributed by atoms with Gasteiger partial charge in [-0.05, 0) is 0 Å². The van der Waals surface area contributed by atoms with E-state index >= 15 is 0 Å². The second kappa shape index (κ2) is 8.50. The van der Waals surface area contributed by atoms with Gasteiger partial charge < -0.3 is 0 Å². The van der Waals surface area contributed by atoms with E-state index in [0.29, 0.717) is 0 Å². The van der Waals surface area contributed by atoms with Crippen molar-refractivity contribution >= 4 is 7.26 Å². The van der Waals surface area contributed by atoms with Gasteiger partial charge in [-0.1, -0.05) is 0 Å². The third-order valence-electron chi connectivity index (χ3n) is 7.81. The van der Waals surface area contributed by atoms with E-state index in [1.54, 1.807) is 89.6 Å². The molecule has 0 spiro atoms. The van der Waals surface area contributed by atoms with Gasteiger partial charge in [-0.25, -0.2) is 0 Å². The van der Waals surface area contributed by atoms with Gasteiger partial charge >= 0.3 is 140 Å². The topological polar surface area (TPSA) is 0 Å². The molecule has 0 amide bonds. The van der Waals surface area contributed by atoms with E-state index in [9.17, 15) is 0 Å². The molecule has 0 unspecified atom stereocenters. The zero-order chi connectivity index (χ0) is 15.3. The zero-order valence-corrected chi connectivity index (χ0v) is 16.3. The Morgan fingerprint density at radius 1 is 0.591 bits per heavy atom. The third-order valence-corrected chi connectivity index (χ3v) is 15.3. The number of hydrogen-bond donors (Lipinski definition) is 0. The fraction of sp³-hybridized carbons (Fsp3) is 1.00. The molecule has 3 aliphatic rings. The Labute approximate surface area is 140 Å². The molecule has 0 N–H and O–H groups in total. The molecule has 1 heteroatoms. The molecule has 3 aliphatic carbocycles. The molecule has 130 valence electrons. The van der Waals surface area contributed by atoms with Crippen LogP contribution in [-0.4, -0.2) is 23.1 Å². The second-order valence-corrected chi connectivity index (χ2v) is 14.0. The van der Waals surface area contributed by atoms with E-state index in [2.05, 4.69) is 6.92 Å². The first-order chi connectivity index (χ1) is 10.9. The van der Waals surface area contributed by atoms with Gasteiger partial charge in [0.25, 0.3) is 0 Å². The molecule has 3 fully saturated rings. The summed E-state index contributed by atoms with van der Waals surface area (Å²) in [5.41, 5.74) is 3.75. The van der Waals surface area contributed by atoms with E-state index < -0.39 is 7.26 Å². The summed E-state index contributed by atoms with van der Waals surface area (Å²) in [7, 11) is -1.05. The SMILES string of the molecule is CCCCCC[PH](C1CCCC1)(C1CCCC1)C1CCCC1. The molecule has 3 rings (SSSR count). The van der Waals surface area contributed by atoms with Crippen LogP contribution in [0.2, 0.25) is 0 Å². The Hall–Kier alpha value is 0.430. The van der Waals surface area contributed by atoms with E-state index in [4.69, 9.17) is 0 Å². The predicted octanol–water partition coefficient (Wildman–Crippen LogP) is 7.14. The van der Waals surface area contributed by atoms with Crippen LogP contribution in [0.3, 0.4) is 0 Å². The molecule has 0 aromatic carbocycles. The summed E-state index contributed by atoms with van der Waals surface area (Å²) in [5.74, 6) is 0. The first-order valence-electron chi connectivity index (χ1n) is 10.9. The Morgan fingerprint density at radius 3 is 1.36 bits per heavy atom. The molecule has 0 aromatic rings. The van der Waals surface area contributed by atoms with Crippen LogP contribution >= 0.6 is 7.26 Å². The Balaban J connectivity index is 1.78. The quantitative estimate of drug-likeness (QED) is 0.328. The summed E-state index contributed by atoms with van der Waals surface area (Å²) in [6.45, 7) is 2.37. The molecule has 0 bridgehead atoms. The van der Waals surface area contributed by atoms with Crippen molar-refractivity contribution in [2.24, 2.45) is 0 Å². The van der Waals surface area contributed by atoms with Gasteiger partial charge in [0.05, 0.1) is 0 Å². The summed E-state index contributed by atoms with van der Waals surface area (Å²) in [4.78, 5) is 0. The standard InChI is InChI=1S/C21H41P/c1-2-3-4-11-18-22(19-12-5-6-13-19,20-14-7-8-15-20)21-16-9-10-17-21/h19-22H,2-18H2,1H3. The predicted molar refractivity (Wildman–Crippen MR) is 104 cm³/mol. The fourth-order valence-electron chi connectivity index (χ4n) is 6.86. The van der Waals surface area contributed by atoms with Gasteiger partial charge in [-0.15, -0.1) is 0 Å². The normalized spacial score (nSPS) is 26.2. The van der Waals surface area contributed by atoms with E-state index in [-0.39, 0.29) is 0 Å². The minimum absolute atomic E-state index is 1.05. The number of hydrogen-bond acceptors (Lipinski definition) is 0. The van der Waals surface area contributed by atoms with Gasteiger partial charge in [0.15, 0.2) is 0 Å². The molecule has 22 heavy (non-hydrogen) atoms. The third kappa shape index (κ3) is 3.58. The van der Waals surface area contributed by atoms with Crippen LogP contribution in [0.4, 0.5) is 0 Å². The summed E-state index contributed by atoms with van der Waals surface area (Å²) in [6.07, 6.45) is 27.1. The van der Waals surface area contributed by atoms with Gasteiger partial charge in [0.2, 0.25) is 0 Å². The van der Waals surface area contributed by atoms with Crippen LogP contribution in [0.15, 0.2) is 0 Å². The van der Waals surface area contributed by atoms with Gasteiger partial charge in [0.1, 0.15) is 0 Å². The van der Waals surface area contributed by atoms with E-state index in [1.807, 2.05) is 0 Å². The number of unbranched alkanes of at least 4 members (excludes halogenated alkanes) is 3. The van der Waals surface area contributed by atoms with Crippen molar-refractivity contribution in [2.45, 2.75) is 127 Å².